The molecule has 3 aromatic rings. The molecule has 2 heterocycles. The van der Waals surface area contributed by atoms with Gasteiger partial charge in [0.1, 0.15) is 18.2 Å². The van der Waals surface area contributed by atoms with E-state index >= 15 is 0 Å². The van der Waals surface area contributed by atoms with Crippen molar-refractivity contribution in [3.05, 3.63) is 77.1 Å². The van der Waals surface area contributed by atoms with E-state index in [1.54, 1.807) is 12.1 Å². The van der Waals surface area contributed by atoms with Crippen LogP contribution in [0.1, 0.15) is 22.8 Å². The molecule has 4 nitrogen and oxygen atoms in total. The van der Waals surface area contributed by atoms with Crippen LogP contribution in [0.3, 0.4) is 0 Å². The molecule has 0 unspecified atom stereocenters. The number of aromatic nitrogens is 3. The van der Waals surface area contributed by atoms with E-state index in [9.17, 15) is 4.39 Å². The second-order valence-corrected chi connectivity index (χ2v) is 5.16. The second-order valence-electron chi connectivity index (χ2n) is 5.16. The van der Waals surface area contributed by atoms with Gasteiger partial charge in [0, 0.05) is 11.1 Å². The van der Waals surface area contributed by atoms with Gasteiger partial charge in [0.05, 0.1) is 11.4 Å². The van der Waals surface area contributed by atoms with Crippen LogP contribution in [0.15, 0.2) is 53.5 Å². The average molecular weight is 292 g/mol. The maximum atomic E-state index is 14.2. The maximum absolute atomic E-state index is 14.2. The van der Waals surface area contributed by atoms with Gasteiger partial charge < -0.3 is 0 Å². The summed E-state index contributed by atoms with van der Waals surface area (Å²) in [6.45, 7) is 2.28. The highest BCUT2D eigenvalue weighted by molar-refractivity contribution is 6.15. The molecule has 1 aliphatic rings. The molecule has 0 fully saturated rings. The quantitative estimate of drug-likeness (QED) is 0.692. The predicted octanol–water partition coefficient (Wildman–Crippen LogP) is 3.07. The van der Waals surface area contributed by atoms with Gasteiger partial charge in [0.25, 0.3) is 0 Å². The Labute approximate surface area is 127 Å². The van der Waals surface area contributed by atoms with Crippen LogP contribution in [0.5, 0.6) is 0 Å². The summed E-state index contributed by atoms with van der Waals surface area (Å²) in [5.41, 5.74) is 2.97. The van der Waals surface area contributed by atoms with E-state index in [2.05, 4.69) is 15.2 Å². The number of para-hydroxylation sites is 1. The van der Waals surface area contributed by atoms with Crippen LogP contribution in [0, 0.1) is 12.7 Å². The zero-order valence-electron chi connectivity index (χ0n) is 12.0. The number of hydrogen-bond acceptors (Lipinski definition) is 3. The molecule has 0 N–H and O–H groups in total. The summed E-state index contributed by atoms with van der Waals surface area (Å²) in [6.07, 6.45) is 0. The summed E-state index contributed by atoms with van der Waals surface area (Å²) in [7, 11) is 0. The van der Waals surface area contributed by atoms with Gasteiger partial charge in [-0.15, -0.1) is 10.2 Å². The predicted molar refractivity (Wildman–Crippen MR) is 81.8 cm³/mol. The fraction of sp³-hybridized carbons (Fsp3) is 0.118. The Morgan fingerprint density at radius 2 is 1.68 bits per heavy atom. The molecule has 1 aromatic heterocycles. The first-order chi connectivity index (χ1) is 10.8. The summed E-state index contributed by atoms with van der Waals surface area (Å²) in [5, 5.41) is 8.30. The van der Waals surface area contributed by atoms with E-state index < -0.39 is 0 Å². The number of fused-ring (bicyclic) bond motifs is 3. The minimum atomic E-state index is -0.273. The molecule has 0 amide bonds. The lowest BCUT2D eigenvalue weighted by Crippen LogP contribution is -2.09. The molecule has 2 aromatic carbocycles. The van der Waals surface area contributed by atoms with Gasteiger partial charge in [-0.25, -0.2) is 4.39 Å². The molecule has 0 saturated carbocycles. The minimum Gasteiger partial charge on any atom is -0.281 e. The Balaban J connectivity index is 2.01. The summed E-state index contributed by atoms with van der Waals surface area (Å²) < 4.78 is 16.2. The van der Waals surface area contributed by atoms with E-state index in [4.69, 9.17) is 0 Å². The van der Waals surface area contributed by atoms with Crippen molar-refractivity contribution in [1.82, 2.24) is 14.8 Å². The topological polar surface area (TPSA) is 43.1 Å². The molecule has 0 atom stereocenters. The molecular weight excluding hydrogens is 279 g/mol. The van der Waals surface area contributed by atoms with Crippen LogP contribution in [0.2, 0.25) is 0 Å². The number of benzene rings is 2. The maximum Gasteiger partial charge on any atom is 0.159 e. The highest BCUT2D eigenvalue weighted by atomic mass is 19.1. The monoisotopic (exact) mass is 292 g/mol. The Hall–Kier alpha value is -2.82. The Morgan fingerprint density at radius 1 is 0.955 bits per heavy atom. The van der Waals surface area contributed by atoms with Crippen molar-refractivity contribution in [3.63, 3.8) is 0 Å². The molecule has 0 spiro atoms. The van der Waals surface area contributed by atoms with Crippen molar-refractivity contribution in [2.45, 2.75) is 13.5 Å². The number of aryl methyl sites for hydroxylation is 1. The third-order valence-corrected chi connectivity index (χ3v) is 3.80. The van der Waals surface area contributed by atoms with Crippen LogP contribution in [0.25, 0.3) is 5.69 Å². The lowest BCUT2D eigenvalue weighted by atomic mass is 10.00. The van der Waals surface area contributed by atoms with E-state index in [0.29, 0.717) is 17.8 Å². The van der Waals surface area contributed by atoms with Crippen LogP contribution >= 0.6 is 0 Å². The summed E-state index contributed by atoms with van der Waals surface area (Å²) in [4.78, 5) is 4.60. The smallest absolute Gasteiger partial charge is 0.159 e. The molecule has 108 valence electrons. The van der Waals surface area contributed by atoms with Crippen LogP contribution in [0.4, 0.5) is 4.39 Å². The first kappa shape index (κ1) is 12.9. The lowest BCUT2D eigenvalue weighted by Gasteiger charge is -2.12. The van der Waals surface area contributed by atoms with Crippen molar-refractivity contribution < 1.29 is 4.39 Å². The normalized spacial score (nSPS) is 13.1. The molecule has 0 bridgehead atoms. The number of rotatable bonds is 1. The Kier molecular flexibility index (Phi) is 2.85. The number of aliphatic imine (C=N–C) groups is 1. The molecular formula is C17H13FN4. The molecule has 0 saturated heterocycles. The van der Waals surface area contributed by atoms with Crippen LogP contribution < -0.4 is 0 Å². The summed E-state index contributed by atoms with van der Waals surface area (Å²) >= 11 is 0. The molecule has 5 heteroatoms. The van der Waals surface area contributed by atoms with Crippen molar-refractivity contribution in [2.75, 3.05) is 0 Å². The van der Waals surface area contributed by atoms with Crippen molar-refractivity contribution in [1.29, 1.82) is 0 Å². The third kappa shape index (κ3) is 1.86. The highest BCUT2D eigenvalue weighted by Gasteiger charge is 2.22. The van der Waals surface area contributed by atoms with E-state index in [0.717, 1.165) is 22.9 Å². The van der Waals surface area contributed by atoms with Crippen LogP contribution in [-0.2, 0) is 6.54 Å². The fourth-order valence-corrected chi connectivity index (χ4v) is 2.81. The van der Waals surface area contributed by atoms with Gasteiger partial charge in [0.15, 0.2) is 5.82 Å². The number of halogens is 1. The van der Waals surface area contributed by atoms with E-state index in [1.165, 1.54) is 6.07 Å². The van der Waals surface area contributed by atoms with Gasteiger partial charge in [0.2, 0.25) is 0 Å². The van der Waals surface area contributed by atoms with Gasteiger partial charge in [-0.05, 0) is 25.1 Å². The average Bonchev–Trinajstić information content (AvgIpc) is 2.82. The first-order valence-electron chi connectivity index (χ1n) is 7.06. The van der Waals surface area contributed by atoms with E-state index in [-0.39, 0.29) is 5.82 Å². The largest absolute Gasteiger partial charge is 0.281 e. The van der Waals surface area contributed by atoms with Gasteiger partial charge in [-0.1, -0.05) is 30.3 Å². The van der Waals surface area contributed by atoms with Gasteiger partial charge >= 0.3 is 0 Å². The lowest BCUT2D eigenvalue weighted by molar-refractivity contribution is 0.625. The number of hydrogen-bond donors (Lipinski definition) is 0. The SMILES string of the molecule is Cc1nnc2n1-c1ccccc1C(c1ccccc1F)=NC2. The Bertz CT molecular complexity index is 895. The van der Waals surface area contributed by atoms with Crippen molar-refractivity contribution in [3.8, 4) is 5.69 Å². The van der Waals surface area contributed by atoms with Crippen molar-refractivity contribution >= 4 is 5.71 Å². The van der Waals surface area contributed by atoms with Crippen LogP contribution in [-0.4, -0.2) is 20.5 Å². The zero-order chi connectivity index (χ0) is 15.1. The molecule has 0 aliphatic carbocycles. The summed E-state index contributed by atoms with van der Waals surface area (Å²) in [6, 6.07) is 14.5. The minimum absolute atomic E-state index is 0.273. The second kappa shape index (κ2) is 4.87. The highest BCUT2D eigenvalue weighted by Crippen LogP contribution is 2.26. The zero-order valence-corrected chi connectivity index (χ0v) is 12.0. The van der Waals surface area contributed by atoms with Crippen molar-refractivity contribution in [2.24, 2.45) is 4.99 Å². The first-order valence-corrected chi connectivity index (χ1v) is 7.06. The van der Waals surface area contributed by atoms with E-state index in [1.807, 2.05) is 41.8 Å². The number of nitrogens with zero attached hydrogens (tertiary/aromatic N) is 4. The third-order valence-electron chi connectivity index (χ3n) is 3.80. The fourth-order valence-electron chi connectivity index (χ4n) is 2.81. The molecule has 1 aliphatic heterocycles. The summed E-state index contributed by atoms with van der Waals surface area (Å²) in [5.74, 6) is 1.29. The standard InChI is InChI=1S/C17H13FN4/c1-11-20-21-16-10-19-17(12-6-2-4-8-14(12)18)13-7-3-5-9-15(13)22(11)16/h2-9H,10H2,1H3. The Morgan fingerprint density at radius 3 is 2.50 bits per heavy atom. The molecule has 0 radical (unpaired) electrons. The molecule has 4 rings (SSSR count). The van der Waals surface area contributed by atoms with Gasteiger partial charge in [-0.2, -0.15) is 0 Å². The molecule has 22 heavy (non-hydrogen) atoms. The van der Waals surface area contributed by atoms with Gasteiger partial charge in [-0.3, -0.25) is 9.56 Å².